The number of benzene rings is 1. The number of amides is 2. The molecule has 1 atom stereocenters. The van der Waals surface area contributed by atoms with Gasteiger partial charge in [0.1, 0.15) is 11.8 Å². The Morgan fingerprint density at radius 3 is 2.36 bits per heavy atom. The first kappa shape index (κ1) is 21.2. The second-order valence-corrected chi connectivity index (χ2v) is 8.25. The molecule has 0 saturated carbocycles. The molecule has 1 aromatic carbocycles. The number of urea groups is 1. The zero-order chi connectivity index (χ0) is 20.9. The SMILES string of the molecule is Cc1cc(NS(=O)(=O)c2ccc(NC(=O)N[C@@H](CC(C)C)C(=O)O)cc2)no1. The largest absolute Gasteiger partial charge is 0.480 e. The molecule has 2 rings (SSSR count). The number of aryl methyl sites for hydroxylation is 1. The number of carboxylic acid groups (broad SMARTS) is 1. The van der Waals surface area contributed by atoms with Crippen LogP contribution < -0.4 is 15.4 Å². The first-order valence-corrected chi connectivity index (χ1v) is 9.91. The molecule has 0 unspecified atom stereocenters. The summed E-state index contributed by atoms with van der Waals surface area (Å²) in [7, 11) is -3.87. The van der Waals surface area contributed by atoms with E-state index < -0.39 is 28.1 Å². The van der Waals surface area contributed by atoms with Crippen LogP contribution in [0.4, 0.5) is 16.3 Å². The standard InChI is InChI=1S/C17H22N4O6S/c1-10(2)8-14(16(22)23)19-17(24)18-12-4-6-13(7-5-12)28(25,26)21-15-9-11(3)27-20-15/h4-7,9-10,14H,8H2,1-3H3,(H,20,21)(H,22,23)(H2,18,19,24)/t14-/m0/s1. The van der Waals surface area contributed by atoms with Crippen LogP contribution >= 0.6 is 0 Å². The third-order valence-electron chi connectivity index (χ3n) is 3.60. The van der Waals surface area contributed by atoms with Gasteiger partial charge < -0.3 is 20.3 Å². The molecule has 0 fully saturated rings. The summed E-state index contributed by atoms with van der Waals surface area (Å²) in [5, 5.41) is 17.6. The molecular weight excluding hydrogens is 388 g/mol. The Labute approximate surface area is 162 Å². The van der Waals surface area contributed by atoms with E-state index in [1.807, 2.05) is 13.8 Å². The fourth-order valence-corrected chi connectivity index (χ4v) is 3.33. The smallest absolute Gasteiger partial charge is 0.326 e. The number of aliphatic carboxylic acids is 1. The van der Waals surface area contributed by atoms with E-state index in [0.29, 0.717) is 11.4 Å². The zero-order valence-electron chi connectivity index (χ0n) is 15.6. The molecule has 0 aliphatic carbocycles. The van der Waals surface area contributed by atoms with Crippen LogP contribution in [0.1, 0.15) is 26.0 Å². The molecule has 0 bridgehead atoms. The van der Waals surface area contributed by atoms with Gasteiger partial charge in [0, 0.05) is 11.8 Å². The van der Waals surface area contributed by atoms with E-state index in [9.17, 15) is 18.0 Å². The van der Waals surface area contributed by atoms with Gasteiger partial charge in [-0.3, -0.25) is 4.72 Å². The first-order valence-electron chi connectivity index (χ1n) is 8.43. The number of hydrogen-bond acceptors (Lipinski definition) is 6. The quantitative estimate of drug-likeness (QED) is 0.521. The minimum atomic E-state index is -3.87. The second kappa shape index (κ2) is 8.74. The highest BCUT2D eigenvalue weighted by molar-refractivity contribution is 7.92. The van der Waals surface area contributed by atoms with Crippen molar-refractivity contribution in [3.05, 3.63) is 36.1 Å². The average Bonchev–Trinajstić information content (AvgIpc) is 2.98. The molecule has 152 valence electrons. The number of carbonyl (C=O) groups is 2. The highest BCUT2D eigenvalue weighted by Gasteiger charge is 2.21. The molecule has 1 heterocycles. The van der Waals surface area contributed by atoms with Crippen molar-refractivity contribution in [3.63, 3.8) is 0 Å². The van der Waals surface area contributed by atoms with E-state index in [2.05, 4.69) is 20.5 Å². The summed E-state index contributed by atoms with van der Waals surface area (Å²) in [6.45, 7) is 5.33. The van der Waals surface area contributed by atoms with Crippen molar-refractivity contribution in [2.45, 2.75) is 38.1 Å². The Kier molecular flexibility index (Phi) is 6.62. The van der Waals surface area contributed by atoms with E-state index in [1.54, 1.807) is 6.92 Å². The normalized spacial score (nSPS) is 12.4. The lowest BCUT2D eigenvalue weighted by Gasteiger charge is -2.17. The third kappa shape index (κ3) is 5.98. The summed E-state index contributed by atoms with van der Waals surface area (Å²) in [4.78, 5) is 23.2. The number of carbonyl (C=O) groups excluding carboxylic acids is 1. The first-order chi connectivity index (χ1) is 13.1. The number of carboxylic acids is 1. The van der Waals surface area contributed by atoms with Crippen LogP contribution in [0.25, 0.3) is 0 Å². The Bertz CT molecular complexity index is 937. The maximum Gasteiger partial charge on any atom is 0.326 e. The number of sulfonamides is 1. The van der Waals surface area contributed by atoms with Gasteiger partial charge in [-0.2, -0.15) is 0 Å². The highest BCUT2D eigenvalue weighted by Crippen LogP contribution is 2.18. The molecule has 4 N–H and O–H groups in total. The van der Waals surface area contributed by atoms with Crippen molar-refractivity contribution in [2.75, 3.05) is 10.0 Å². The van der Waals surface area contributed by atoms with Crippen LogP contribution in [0.5, 0.6) is 0 Å². The van der Waals surface area contributed by atoms with Gasteiger partial charge in [0.2, 0.25) is 0 Å². The molecule has 28 heavy (non-hydrogen) atoms. The van der Waals surface area contributed by atoms with Crippen molar-refractivity contribution in [2.24, 2.45) is 5.92 Å². The number of anilines is 2. The van der Waals surface area contributed by atoms with Gasteiger partial charge in [0.15, 0.2) is 5.82 Å². The number of hydrogen-bond donors (Lipinski definition) is 4. The van der Waals surface area contributed by atoms with Crippen LogP contribution in [-0.4, -0.2) is 36.7 Å². The zero-order valence-corrected chi connectivity index (χ0v) is 16.4. The number of rotatable bonds is 8. The van der Waals surface area contributed by atoms with E-state index in [1.165, 1.54) is 30.3 Å². The summed E-state index contributed by atoms with van der Waals surface area (Å²) in [5.74, 6) is -0.518. The second-order valence-electron chi connectivity index (χ2n) is 6.57. The topological polar surface area (TPSA) is 151 Å². The number of nitrogens with zero attached hydrogens (tertiary/aromatic N) is 1. The lowest BCUT2D eigenvalue weighted by atomic mass is 10.0. The summed E-state index contributed by atoms with van der Waals surface area (Å²) in [5.41, 5.74) is 0.308. The summed E-state index contributed by atoms with van der Waals surface area (Å²) < 4.78 is 31.7. The maximum absolute atomic E-state index is 12.3. The molecule has 0 saturated heterocycles. The van der Waals surface area contributed by atoms with Gasteiger partial charge in [0.25, 0.3) is 10.0 Å². The Morgan fingerprint density at radius 1 is 1.21 bits per heavy atom. The van der Waals surface area contributed by atoms with E-state index in [0.717, 1.165) is 0 Å². The molecule has 2 amide bonds. The summed E-state index contributed by atoms with van der Waals surface area (Å²) in [6, 6.07) is 5.10. The molecule has 0 aliphatic rings. The molecule has 0 spiro atoms. The fraction of sp³-hybridized carbons (Fsp3) is 0.353. The predicted molar refractivity (Wildman–Crippen MR) is 102 cm³/mol. The fourth-order valence-electron chi connectivity index (χ4n) is 2.35. The van der Waals surface area contributed by atoms with Gasteiger partial charge in [-0.05, 0) is 43.5 Å². The average molecular weight is 410 g/mol. The monoisotopic (exact) mass is 410 g/mol. The third-order valence-corrected chi connectivity index (χ3v) is 4.97. The van der Waals surface area contributed by atoms with E-state index in [4.69, 9.17) is 9.63 Å². The molecule has 10 nitrogen and oxygen atoms in total. The van der Waals surface area contributed by atoms with Gasteiger partial charge in [-0.1, -0.05) is 19.0 Å². The van der Waals surface area contributed by atoms with Crippen molar-refractivity contribution in [1.82, 2.24) is 10.5 Å². The van der Waals surface area contributed by atoms with Crippen molar-refractivity contribution < 1.29 is 27.6 Å². The maximum atomic E-state index is 12.3. The molecule has 1 aromatic heterocycles. The number of aromatic nitrogens is 1. The molecule has 0 radical (unpaired) electrons. The van der Waals surface area contributed by atoms with Crippen LogP contribution in [0.15, 0.2) is 39.8 Å². The van der Waals surface area contributed by atoms with Crippen LogP contribution in [0.2, 0.25) is 0 Å². The Morgan fingerprint density at radius 2 is 1.86 bits per heavy atom. The van der Waals surface area contributed by atoms with E-state index >= 15 is 0 Å². The lowest BCUT2D eigenvalue weighted by molar-refractivity contribution is -0.139. The molecule has 2 aromatic rings. The predicted octanol–water partition coefficient (Wildman–Crippen LogP) is 2.40. The van der Waals surface area contributed by atoms with Crippen molar-refractivity contribution in [1.29, 1.82) is 0 Å². The van der Waals surface area contributed by atoms with E-state index in [-0.39, 0.29) is 23.1 Å². The van der Waals surface area contributed by atoms with Gasteiger partial charge in [-0.15, -0.1) is 0 Å². The van der Waals surface area contributed by atoms with Crippen LogP contribution in [0, 0.1) is 12.8 Å². The summed E-state index contributed by atoms with van der Waals surface area (Å²) >= 11 is 0. The highest BCUT2D eigenvalue weighted by atomic mass is 32.2. The molecular formula is C17H22N4O6S. The van der Waals surface area contributed by atoms with Crippen LogP contribution in [0.3, 0.4) is 0 Å². The minimum absolute atomic E-state index is 0.0395. The lowest BCUT2D eigenvalue weighted by Crippen LogP contribution is -2.43. The molecule has 0 aliphatic heterocycles. The minimum Gasteiger partial charge on any atom is -0.480 e. The van der Waals surface area contributed by atoms with Crippen molar-refractivity contribution >= 4 is 33.5 Å². The van der Waals surface area contributed by atoms with Gasteiger partial charge in [-0.25, -0.2) is 18.0 Å². The molecule has 11 heteroatoms. The Balaban J connectivity index is 2.01. The Hall–Kier alpha value is -3.08. The number of nitrogens with one attached hydrogen (secondary N) is 3. The van der Waals surface area contributed by atoms with Crippen LogP contribution in [-0.2, 0) is 14.8 Å². The summed E-state index contributed by atoms with van der Waals surface area (Å²) in [6.07, 6.45) is 0.285. The van der Waals surface area contributed by atoms with Gasteiger partial charge >= 0.3 is 12.0 Å². The van der Waals surface area contributed by atoms with Gasteiger partial charge in [0.05, 0.1) is 4.90 Å². The van der Waals surface area contributed by atoms with Crippen molar-refractivity contribution in [3.8, 4) is 0 Å².